The van der Waals surface area contributed by atoms with E-state index in [0.717, 1.165) is 32.4 Å². The normalized spacial score (nSPS) is 24.8. The smallest absolute Gasteiger partial charge is 0.236 e. The monoisotopic (exact) mass is 239 g/mol. The first-order valence-corrected chi connectivity index (χ1v) is 6.53. The molecule has 0 aliphatic carbocycles. The fraction of sp³-hybridized carbons (Fsp3) is 0.833. The molecule has 96 valence electrons. The molecule has 2 heterocycles. The Bertz CT molecular complexity index is 287. The van der Waals surface area contributed by atoms with E-state index in [9.17, 15) is 9.59 Å². The average Bonchev–Trinajstić information content (AvgIpc) is 2.76. The quantitative estimate of drug-likeness (QED) is 0.718. The number of hydrogen-bond donors (Lipinski definition) is 2. The third-order valence-corrected chi connectivity index (χ3v) is 3.46. The third-order valence-electron chi connectivity index (χ3n) is 3.46. The van der Waals surface area contributed by atoms with E-state index in [1.807, 2.05) is 4.90 Å². The van der Waals surface area contributed by atoms with E-state index in [2.05, 4.69) is 10.6 Å². The molecular weight excluding hydrogens is 218 g/mol. The lowest BCUT2D eigenvalue weighted by Crippen LogP contribution is -2.44. The largest absolute Gasteiger partial charge is 0.352 e. The van der Waals surface area contributed by atoms with Gasteiger partial charge in [0.2, 0.25) is 11.8 Å². The molecule has 2 aliphatic rings. The van der Waals surface area contributed by atoms with Gasteiger partial charge in [-0.2, -0.15) is 0 Å². The zero-order chi connectivity index (χ0) is 12.1. The minimum absolute atomic E-state index is 0.124. The Hall–Kier alpha value is -1.10. The van der Waals surface area contributed by atoms with Gasteiger partial charge in [-0.3, -0.25) is 9.59 Å². The van der Waals surface area contributed by atoms with Gasteiger partial charge in [-0.05, 0) is 25.7 Å². The summed E-state index contributed by atoms with van der Waals surface area (Å²) >= 11 is 0. The summed E-state index contributed by atoms with van der Waals surface area (Å²) in [6, 6.07) is 0.205. The summed E-state index contributed by atoms with van der Waals surface area (Å²) in [4.78, 5) is 24.7. The number of carbonyl (C=O) groups excluding carboxylic acids is 2. The van der Waals surface area contributed by atoms with Gasteiger partial charge in [-0.1, -0.05) is 0 Å². The highest BCUT2D eigenvalue weighted by Crippen LogP contribution is 2.08. The molecule has 5 nitrogen and oxygen atoms in total. The van der Waals surface area contributed by atoms with E-state index < -0.39 is 0 Å². The zero-order valence-corrected chi connectivity index (χ0v) is 10.2. The van der Waals surface area contributed by atoms with Crippen LogP contribution in [0.1, 0.15) is 32.1 Å². The van der Waals surface area contributed by atoms with E-state index in [4.69, 9.17) is 0 Å². The van der Waals surface area contributed by atoms with Gasteiger partial charge >= 0.3 is 0 Å². The number of nitrogens with one attached hydrogen (secondary N) is 2. The molecule has 0 radical (unpaired) electrons. The summed E-state index contributed by atoms with van der Waals surface area (Å²) < 4.78 is 0. The van der Waals surface area contributed by atoms with E-state index in [-0.39, 0.29) is 17.9 Å². The van der Waals surface area contributed by atoms with Crippen molar-refractivity contribution in [1.82, 2.24) is 15.5 Å². The maximum Gasteiger partial charge on any atom is 0.236 e. The van der Waals surface area contributed by atoms with Gasteiger partial charge in [-0.25, -0.2) is 0 Å². The second kappa shape index (κ2) is 6.00. The molecule has 2 N–H and O–H groups in total. The Kier molecular flexibility index (Phi) is 4.36. The average molecular weight is 239 g/mol. The second-order valence-corrected chi connectivity index (χ2v) is 4.88. The molecular formula is C12H21N3O2. The standard InChI is InChI=1S/C12H21N3O2/c16-11-5-4-10(14-11)8-13-9-12(17)15-6-2-1-3-7-15/h10,13H,1-9H2,(H,14,16). The van der Waals surface area contributed by atoms with E-state index in [1.165, 1.54) is 6.42 Å². The molecule has 2 aliphatic heterocycles. The number of piperidine rings is 1. The molecule has 2 saturated heterocycles. The Morgan fingerprint density at radius 2 is 2.12 bits per heavy atom. The zero-order valence-electron chi connectivity index (χ0n) is 10.2. The predicted octanol–water partition coefficient (Wildman–Crippen LogP) is -0.133. The van der Waals surface area contributed by atoms with Crippen LogP contribution in [0.4, 0.5) is 0 Å². The summed E-state index contributed by atoms with van der Waals surface area (Å²) in [5, 5.41) is 6.02. The molecule has 0 spiro atoms. The first-order chi connectivity index (χ1) is 8.25. The van der Waals surface area contributed by atoms with Crippen LogP contribution in [0.5, 0.6) is 0 Å². The fourth-order valence-corrected chi connectivity index (χ4v) is 2.44. The molecule has 17 heavy (non-hydrogen) atoms. The highest BCUT2D eigenvalue weighted by molar-refractivity contribution is 5.79. The third kappa shape index (κ3) is 3.70. The van der Waals surface area contributed by atoms with Crippen LogP contribution in [0.2, 0.25) is 0 Å². The van der Waals surface area contributed by atoms with Crippen molar-refractivity contribution in [2.24, 2.45) is 0 Å². The minimum Gasteiger partial charge on any atom is -0.352 e. The molecule has 0 aromatic carbocycles. The van der Waals surface area contributed by atoms with Crippen molar-refractivity contribution in [3.8, 4) is 0 Å². The van der Waals surface area contributed by atoms with Crippen LogP contribution >= 0.6 is 0 Å². The number of carbonyl (C=O) groups is 2. The maximum absolute atomic E-state index is 11.8. The summed E-state index contributed by atoms with van der Waals surface area (Å²) in [7, 11) is 0. The van der Waals surface area contributed by atoms with Crippen LogP contribution in [0.3, 0.4) is 0 Å². The second-order valence-electron chi connectivity index (χ2n) is 4.88. The number of rotatable bonds is 4. The summed E-state index contributed by atoms with van der Waals surface area (Å²) in [6.45, 7) is 2.90. The van der Waals surface area contributed by atoms with E-state index in [1.54, 1.807) is 0 Å². The Morgan fingerprint density at radius 1 is 1.35 bits per heavy atom. The highest BCUT2D eigenvalue weighted by Gasteiger charge is 2.21. The fourth-order valence-electron chi connectivity index (χ4n) is 2.44. The molecule has 1 atom stereocenters. The van der Waals surface area contributed by atoms with Crippen molar-refractivity contribution in [3.63, 3.8) is 0 Å². The van der Waals surface area contributed by atoms with Crippen LogP contribution in [0.25, 0.3) is 0 Å². The predicted molar refractivity (Wildman–Crippen MR) is 64.5 cm³/mol. The lowest BCUT2D eigenvalue weighted by molar-refractivity contribution is -0.131. The number of amides is 2. The molecule has 2 rings (SSSR count). The van der Waals surface area contributed by atoms with Gasteiger partial charge in [0.25, 0.3) is 0 Å². The Labute approximate surface area is 102 Å². The van der Waals surface area contributed by atoms with E-state index >= 15 is 0 Å². The molecule has 0 saturated carbocycles. The minimum atomic E-state index is 0.124. The van der Waals surface area contributed by atoms with Gasteiger partial charge in [-0.15, -0.1) is 0 Å². The van der Waals surface area contributed by atoms with Crippen molar-refractivity contribution in [1.29, 1.82) is 0 Å². The van der Waals surface area contributed by atoms with Crippen molar-refractivity contribution in [2.75, 3.05) is 26.2 Å². The lowest BCUT2D eigenvalue weighted by atomic mass is 10.1. The number of hydrogen-bond acceptors (Lipinski definition) is 3. The maximum atomic E-state index is 11.8. The number of nitrogens with zero attached hydrogens (tertiary/aromatic N) is 1. The summed E-state index contributed by atoms with van der Waals surface area (Å²) in [5.41, 5.74) is 0. The van der Waals surface area contributed by atoms with Crippen LogP contribution in [-0.4, -0.2) is 48.9 Å². The molecule has 5 heteroatoms. The highest BCUT2D eigenvalue weighted by atomic mass is 16.2. The first-order valence-electron chi connectivity index (χ1n) is 6.53. The first kappa shape index (κ1) is 12.4. The van der Waals surface area contributed by atoms with Crippen molar-refractivity contribution in [2.45, 2.75) is 38.1 Å². The Balaban J connectivity index is 1.61. The van der Waals surface area contributed by atoms with Gasteiger partial charge in [0, 0.05) is 32.1 Å². The van der Waals surface area contributed by atoms with Crippen LogP contribution in [-0.2, 0) is 9.59 Å². The van der Waals surface area contributed by atoms with Crippen molar-refractivity contribution >= 4 is 11.8 Å². The van der Waals surface area contributed by atoms with E-state index in [0.29, 0.717) is 19.5 Å². The van der Waals surface area contributed by atoms with Gasteiger partial charge in [0.15, 0.2) is 0 Å². The van der Waals surface area contributed by atoms with Gasteiger partial charge in [0.05, 0.1) is 6.54 Å². The van der Waals surface area contributed by atoms with Crippen molar-refractivity contribution in [3.05, 3.63) is 0 Å². The van der Waals surface area contributed by atoms with Gasteiger partial charge < -0.3 is 15.5 Å². The SMILES string of the molecule is O=C1CCC(CNCC(=O)N2CCCCC2)N1. The molecule has 0 bridgehead atoms. The summed E-state index contributed by atoms with van der Waals surface area (Å²) in [6.07, 6.45) is 5.00. The van der Waals surface area contributed by atoms with Crippen LogP contribution < -0.4 is 10.6 Å². The van der Waals surface area contributed by atoms with Crippen molar-refractivity contribution < 1.29 is 9.59 Å². The molecule has 1 unspecified atom stereocenters. The van der Waals surface area contributed by atoms with Crippen LogP contribution in [0.15, 0.2) is 0 Å². The topological polar surface area (TPSA) is 61.4 Å². The lowest BCUT2D eigenvalue weighted by Gasteiger charge is -2.27. The molecule has 0 aromatic rings. The molecule has 0 aromatic heterocycles. The number of likely N-dealkylation sites (tertiary alicyclic amines) is 1. The van der Waals surface area contributed by atoms with Crippen LogP contribution in [0, 0.1) is 0 Å². The Morgan fingerprint density at radius 3 is 2.76 bits per heavy atom. The van der Waals surface area contributed by atoms with Gasteiger partial charge in [0.1, 0.15) is 0 Å². The summed E-state index contributed by atoms with van der Waals surface area (Å²) in [5.74, 6) is 0.313. The molecule has 2 fully saturated rings. The molecule has 2 amide bonds.